The van der Waals surface area contributed by atoms with Crippen LogP contribution in [-0.2, 0) is 6.42 Å². The zero-order valence-corrected chi connectivity index (χ0v) is 8.77. The molecule has 0 aliphatic heterocycles. The average Bonchev–Trinajstić information content (AvgIpc) is 2.31. The van der Waals surface area contributed by atoms with Crippen molar-refractivity contribution in [1.29, 1.82) is 0 Å². The van der Waals surface area contributed by atoms with Gasteiger partial charge in [0.15, 0.2) is 0 Å². The molecule has 2 heteroatoms. The van der Waals surface area contributed by atoms with Gasteiger partial charge in [-0.25, -0.2) is 0 Å². The number of hydrogen-bond donors (Lipinski definition) is 1. The van der Waals surface area contributed by atoms with Gasteiger partial charge in [0.05, 0.1) is 0 Å². The van der Waals surface area contributed by atoms with Crippen molar-refractivity contribution in [2.75, 3.05) is 12.4 Å². The monoisotopic (exact) mass is 198 g/mol. The van der Waals surface area contributed by atoms with Gasteiger partial charge in [0.1, 0.15) is 0 Å². The first kappa shape index (κ1) is 9.71. The molecule has 0 amide bonds. The molecule has 15 heavy (non-hydrogen) atoms. The molecule has 1 heterocycles. The van der Waals surface area contributed by atoms with Crippen molar-refractivity contribution < 1.29 is 0 Å². The molecule has 1 aromatic carbocycles. The smallest absolute Gasteiger partial charge is 0.0467 e. The van der Waals surface area contributed by atoms with E-state index in [1.807, 2.05) is 25.4 Å². The number of nitrogens with one attached hydrogen (secondary N) is 1. The van der Waals surface area contributed by atoms with E-state index >= 15 is 0 Å². The fourth-order valence-electron chi connectivity index (χ4n) is 1.54. The summed E-state index contributed by atoms with van der Waals surface area (Å²) >= 11 is 0. The van der Waals surface area contributed by atoms with Gasteiger partial charge < -0.3 is 5.32 Å². The van der Waals surface area contributed by atoms with E-state index in [0.717, 1.165) is 17.8 Å². The number of nitrogens with zero attached hydrogens (tertiary/aromatic N) is 1. The highest BCUT2D eigenvalue weighted by Crippen LogP contribution is 2.11. The molecule has 1 aromatic heterocycles. The lowest BCUT2D eigenvalue weighted by molar-refractivity contribution is 1.07. The van der Waals surface area contributed by atoms with Gasteiger partial charge in [-0.2, -0.15) is 0 Å². The van der Waals surface area contributed by atoms with Gasteiger partial charge in [0.25, 0.3) is 0 Å². The summed E-state index contributed by atoms with van der Waals surface area (Å²) < 4.78 is 0. The van der Waals surface area contributed by atoms with Crippen molar-refractivity contribution in [1.82, 2.24) is 4.98 Å². The van der Waals surface area contributed by atoms with Crippen LogP contribution < -0.4 is 5.32 Å². The average molecular weight is 198 g/mol. The summed E-state index contributed by atoms with van der Waals surface area (Å²) in [5, 5.41) is 3.11. The van der Waals surface area contributed by atoms with Gasteiger partial charge in [-0.15, -0.1) is 0 Å². The van der Waals surface area contributed by atoms with Crippen LogP contribution in [0.1, 0.15) is 11.3 Å². The Kier molecular flexibility index (Phi) is 2.98. The Morgan fingerprint density at radius 1 is 1.13 bits per heavy atom. The quantitative estimate of drug-likeness (QED) is 0.820. The summed E-state index contributed by atoms with van der Waals surface area (Å²) in [6, 6.07) is 14.4. The van der Waals surface area contributed by atoms with Crippen molar-refractivity contribution in [3.8, 4) is 0 Å². The number of benzene rings is 1. The topological polar surface area (TPSA) is 24.9 Å². The third-order valence-corrected chi connectivity index (χ3v) is 2.33. The van der Waals surface area contributed by atoms with Crippen LogP contribution in [-0.4, -0.2) is 12.0 Å². The van der Waals surface area contributed by atoms with E-state index in [2.05, 4.69) is 40.6 Å². The lowest BCUT2D eigenvalue weighted by atomic mass is 10.1. The van der Waals surface area contributed by atoms with Crippen LogP contribution in [0.4, 0.5) is 5.69 Å². The Hall–Kier alpha value is -1.83. The molecule has 0 fully saturated rings. The highest BCUT2D eigenvalue weighted by molar-refractivity contribution is 5.43. The standard InChI is InChI=1S/C13H14N2/c1-14-12-7-8-15-13(10-12)9-11-5-3-2-4-6-11/h2-8,10H,9H2,1H3,(H,14,15). The highest BCUT2D eigenvalue weighted by atomic mass is 14.8. The maximum absolute atomic E-state index is 4.34. The zero-order chi connectivity index (χ0) is 10.5. The number of pyridine rings is 1. The van der Waals surface area contributed by atoms with Crippen molar-refractivity contribution in [2.45, 2.75) is 6.42 Å². The molecule has 0 atom stereocenters. The van der Waals surface area contributed by atoms with Crippen LogP contribution in [0.2, 0.25) is 0 Å². The van der Waals surface area contributed by atoms with Gasteiger partial charge in [-0.3, -0.25) is 4.98 Å². The van der Waals surface area contributed by atoms with Crippen molar-refractivity contribution >= 4 is 5.69 Å². The minimum atomic E-state index is 0.885. The summed E-state index contributed by atoms with van der Waals surface area (Å²) in [6.07, 6.45) is 2.72. The van der Waals surface area contributed by atoms with E-state index in [0.29, 0.717) is 0 Å². The molecule has 2 aromatic rings. The summed E-state index contributed by atoms with van der Waals surface area (Å²) in [5.41, 5.74) is 3.49. The second-order valence-corrected chi connectivity index (χ2v) is 3.45. The van der Waals surface area contributed by atoms with E-state index in [1.165, 1.54) is 5.56 Å². The van der Waals surface area contributed by atoms with E-state index in [1.54, 1.807) is 0 Å². The first-order chi connectivity index (χ1) is 7.38. The second-order valence-electron chi connectivity index (χ2n) is 3.45. The van der Waals surface area contributed by atoms with Crippen LogP contribution in [0.5, 0.6) is 0 Å². The number of anilines is 1. The lowest BCUT2D eigenvalue weighted by Crippen LogP contribution is -1.94. The summed E-state index contributed by atoms with van der Waals surface area (Å²) in [5.74, 6) is 0. The van der Waals surface area contributed by atoms with E-state index in [4.69, 9.17) is 0 Å². The van der Waals surface area contributed by atoms with Gasteiger partial charge in [-0.05, 0) is 17.7 Å². The minimum Gasteiger partial charge on any atom is -0.388 e. The first-order valence-corrected chi connectivity index (χ1v) is 5.05. The van der Waals surface area contributed by atoms with Crippen LogP contribution in [0, 0.1) is 0 Å². The highest BCUT2D eigenvalue weighted by Gasteiger charge is 1.97. The van der Waals surface area contributed by atoms with Crippen molar-refractivity contribution in [2.24, 2.45) is 0 Å². The third-order valence-electron chi connectivity index (χ3n) is 2.33. The Labute approximate surface area is 90.0 Å². The van der Waals surface area contributed by atoms with Crippen molar-refractivity contribution in [3.05, 3.63) is 59.9 Å². The predicted molar refractivity (Wildman–Crippen MR) is 63.0 cm³/mol. The van der Waals surface area contributed by atoms with E-state index in [9.17, 15) is 0 Å². The maximum Gasteiger partial charge on any atom is 0.0467 e. The molecular weight excluding hydrogens is 184 g/mol. The van der Waals surface area contributed by atoms with Gasteiger partial charge in [0.2, 0.25) is 0 Å². The Morgan fingerprint density at radius 2 is 1.93 bits per heavy atom. The molecule has 0 saturated heterocycles. The van der Waals surface area contributed by atoms with Crippen LogP contribution >= 0.6 is 0 Å². The number of aromatic nitrogens is 1. The van der Waals surface area contributed by atoms with E-state index in [-0.39, 0.29) is 0 Å². The Bertz CT molecular complexity index is 424. The first-order valence-electron chi connectivity index (χ1n) is 5.05. The molecule has 2 nitrogen and oxygen atoms in total. The predicted octanol–water partition coefficient (Wildman–Crippen LogP) is 2.71. The Balaban J connectivity index is 2.17. The molecule has 0 saturated carbocycles. The molecule has 0 bridgehead atoms. The lowest BCUT2D eigenvalue weighted by Gasteiger charge is -2.03. The Morgan fingerprint density at radius 3 is 2.67 bits per heavy atom. The second kappa shape index (κ2) is 4.60. The van der Waals surface area contributed by atoms with Gasteiger partial charge in [-0.1, -0.05) is 30.3 Å². The number of rotatable bonds is 3. The molecule has 0 spiro atoms. The van der Waals surface area contributed by atoms with Crippen LogP contribution in [0.25, 0.3) is 0 Å². The minimum absolute atomic E-state index is 0.885. The summed E-state index contributed by atoms with van der Waals surface area (Å²) in [7, 11) is 1.92. The molecule has 0 unspecified atom stereocenters. The summed E-state index contributed by atoms with van der Waals surface area (Å²) in [4.78, 5) is 4.34. The van der Waals surface area contributed by atoms with Gasteiger partial charge in [0, 0.05) is 31.0 Å². The van der Waals surface area contributed by atoms with Crippen molar-refractivity contribution in [3.63, 3.8) is 0 Å². The molecule has 0 aliphatic rings. The van der Waals surface area contributed by atoms with Crippen LogP contribution in [0.3, 0.4) is 0 Å². The summed E-state index contributed by atoms with van der Waals surface area (Å²) in [6.45, 7) is 0. The van der Waals surface area contributed by atoms with E-state index < -0.39 is 0 Å². The molecule has 1 N–H and O–H groups in total. The zero-order valence-electron chi connectivity index (χ0n) is 8.77. The maximum atomic E-state index is 4.34. The number of hydrogen-bond acceptors (Lipinski definition) is 2. The molecule has 2 rings (SSSR count). The molecular formula is C13H14N2. The largest absolute Gasteiger partial charge is 0.388 e. The van der Waals surface area contributed by atoms with Crippen LogP contribution in [0.15, 0.2) is 48.7 Å². The van der Waals surface area contributed by atoms with Gasteiger partial charge >= 0.3 is 0 Å². The third kappa shape index (κ3) is 2.56. The SMILES string of the molecule is CNc1ccnc(Cc2ccccc2)c1. The fraction of sp³-hybridized carbons (Fsp3) is 0.154. The molecule has 0 aliphatic carbocycles. The fourth-order valence-corrected chi connectivity index (χ4v) is 1.54. The molecule has 0 radical (unpaired) electrons. The normalized spacial score (nSPS) is 9.93. The molecule has 76 valence electrons.